The fourth-order valence-corrected chi connectivity index (χ4v) is 2.75. The van der Waals surface area contributed by atoms with Gasteiger partial charge in [-0.2, -0.15) is 13.2 Å². The molecule has 146 valence electrons. The first-order valence-electron chi connectivity index (χ1n) is 7.90. The van der Waals surface area contributed by atoms with E-state index in [0.717, 1.165) is 6.07 Å². The van der Waals surface area contributed by atoms with Crippen LogP contribution < -0.4 is 20.1 Å². The lowest BCUT2D eigenvalue weighted by atomic mass is 10.2. The molecule has 0 aliphatic heterocycles. The number of ether oxygens (including phenoxy) is 2. The molecule has 2 rings (SSSR count). The summed E-state index contributed by atoms with van der Waals surface area (Å²) in [7, 11) is 1.55. The van der Waals surface area contributed by atoms with Crippen LogP contribution in [-0.4, -0.2) is 24.9 Å². The minimum Gasteiger partial charge on any atom is -0.493 e. The second-order valence-electron chi connectivity index (χ2n) is 5.65. The van der Waals surface area contributed by atoms with Crippen LogP contribution in [0.1, 0.15) is 12.5 Å². The second kappa shape index (κ2) is 9.14. The van der Waals surface area contributed by atoms with Gasteiger partial charge in [-0.25, -0.2) is 0 Å². The predicted octanol–water partition coefficient (Wildman–Crippen LogP) is 5.12. The average molecular weight is 419 g/mol. The first kappa shape index (κ1) is 21.1. The van der Waals surface area contributed by atoms with Crippen molar-refractivity contribution in [1.29, 1.82) is 0 Å². The van der Waals surface area contributed by atoms with Crippen molar-refractivity contribution in [2.45, 2.75) is 19.1 Å². The fraction of sp³-hybridized carbons (Fsp3) is 0.278. The zero-order chi connectivity index (χ0) is 20.0. The summed E-state index contributed by atoms with van der Waals surface area (Å²) in [4.78, 5) is 0. The Balaban J connectivity index is 1.92. The molecular weight excluding hydrogens is 401 g/mol. The van der Waals surface area contributed by atoms with Crippen LogP contribution in [0.4, 0.5) is 18.9 Å². The lowest BCUT2D eigenvalue weighted by Gasteiger charge is -2.19. The molecule has 9 heteroatoms. The van der Waals surface area contributed by atoms with Gasteiger partial charge in [0, 0.05) is 5.69 Å². The maximum Gasteiger partial charge on any atom is 0.417 e. The van der Waals surface area contributed by atoms with Gasteiger partial charge in [0.25, 0.3) is 0 Å². The lowest BCUT2D eigenvalue weighted by molar-refractivity contribution is -0.137. The molecule has 2 aromatic carbocycles. The summed E-state index contributed by atoms with van der Waals surface area (Å²) in [6, 6.07) is 10.5. The van der Waals surface area contributed by atoms with Gasteiger partial charge in [-0.1, -0.05) is 23.7 Å². The quantitative estimate of drug-likeness (QED) is 0.637. The minimum atomic E-state index is -4.54. The molecule has 2 aromatic rings. The molecule has 1 unspecified atom stereocenters. The Morgan fingerprint density at radius 1 is 1.19 bits per heavy atom. The highest BCUT2D eigenvalue weighted by atomic mass is 35.5. The number of alkyl halides is 3. The van der Waals surface area contributed by atoms with Crippen LogP contribution in [-0.2, 0) is 6.18 Å². The van der Waals surface area contributed by atoms with E-state index in [0.29, 0.717) is 11.5 Å². The van der Waals surface area contributed by atoms with Crippen LogP contribution in [0.2, 0.25) is 5.02 Å². The average Bonchev–Trinajstić information content (AvgIpc) is 2.60. The van der Waals surface area contributed by atoms with Crippen molar-refractivity contribution in [2.75, 3.05) is 19.0 Å². The minimum absolute atomic E-state index is 0.168. The standard InChI is InChI=1S/C18H18ClF3N2O2S/c1-11(10-26-16-6-4-3-5-15(16)25-2)23-17(27)24-12-7-8-14(19)13(9-12)18(20,21)22/h3-9,11H,10H2,1-2H3,(H2,23,24,27). The van der Waals surface area contributed by atoms with Crippen molar-refractivity contribution in [3.05, 3.63) is 53.1 Å². The molecule has 0 radical (unpaired) electrons. The van der Waals surface area contributed by atoms with Gasteiger partial charge >= 0.3 is 6.18 Å². The molecule has 0 fully saturated rings. The number of benzene rings is 2. The lowest BCUT2D eigenvalue weighted by Crippen LogP contribution is -2.39. The summed E-state index contributed by atoms with van der Waals surface area (Å²) in [5, 5.41) is 5.46. The Kier molecular flexibility index (Phi) is 7.15. The van der Waals surface area contributed by atoms with Gasteiger partial charge in [-0.05, 0) is 49.5 Å². The molecule has 0 bridgehead atoms. The monoisotopic (exact) mass is 418 g/mol. The predicted molar refractivity (Wildman–Crippen MR) is 104 cm³/mol. The van der Waals surface area contributed by atoms with E-state index in [4.69, 9.17) is 33.3 Å². The zero-order valence-electron chi connectivity index (χ0n) is 14.6. The van der Waals surface area contributed by atoms with Crippen molar-refractivity contribution >= 4 is 34.6 Å². The smallest absolute Gasteiger partial charge is 0.417 e. The summed E-state index contributed by atoms with van der Waals surface area (Å²) >= 11 is 10.7. The molecule has 1 atom stereocenters. The van der Waals surface area contributed by atoms with Gasteiger partial charge in [0.05, 0.1) is 23.7 Å². The number of thiocarbonyl (C=S) groups is 1. The Labute approximate surface area is 165 Å². The summed E-state index contributed by atoms with van der Waals surface area (Å²) in [6.45, 7) is 2.10. The fourth-order valence-electron chi connectivity index (χ4n) is 2.21. The maximum absolute atomic E-state index is 12.9. The van der Waals surface area contributed by atoms with Crippen LogP contribution in [0.3, 0.4) is 0 Å². The molecule has 27 heavy (non-hydrogen) atoms. The number of hydrogen-bond acceptors (Lipinski definition) is 3. The van der Waals surface area contributed by atoms with Crippen LogP contribution >= 0.6 is 23.8 Å². The summed E-state index contributed by atoms with van der Waals surface area (Å²) in [6.07, 6.45) is -4.54. The van der Waals surface area contributed by atoms with E-state index < -0.39 is 11.7 Å². The van der Waals surface area contributed by atoms with E-state index >= 15 is 0 Å². The van der Waals surface area contributed by atoms with Crippen molar-refractivity contribution in [3.8, 4) is 11.5 Å². The van der Waals surface area contributed by atoms with Crippen LogP contribution in [0.5, 0.6) is 11.5 Å². The van der Waals surface area contributed by atoms with E-state index in [9.17, 15) is 13.2 Å². The first-order chi connectivity index (χ1) is 12.7. The normalized spacial score (nSPS) is 12.2. The van der Waals surface area contributed by atoms with Gasteiger partial charge in [-0.3, -0.25) is 0 Å². The highest BCUT2D eigenvalue weighted by Crippen LogP contribution is 2.36. The molecule has 0 heterocycles. The largest absolute Gasteiger partial charge is 0.493 e. The Morgan fingerprint density at radius 2 is 1.85 bits per heavy atom. The van der Waals surface area contributed by atoms with Gasteiger partial charge < -0.3 is 20.1 Å². The van der Waals surface area contributed by atoms with E-state index in [1.165, 1.54) is 12.1 Å². The number of nitrogens with one attached hydrogen (secondary N) is 2. The van der Waals surface area contributed by atoms with Gasteiger partial charge in [0.2, 0.25) is 0 Å². The molecular formula is C18H18ClF3N2O2S. The number of para-hydroxylation sites is 2. The molecule has 0 spiro atoms. The highest BCUT2D eigenvalue weighted by molar-refractivity contribution is 7.80. The van der Waals surface area contributed by atoms with E-state index in [2.05, 4.69) is 10.6 Å². The highest BCUT2D eigenvalue weighted by Gasteiger charge is 2.33. The first-order valence-corrected chi connectivity index (χ1v) is 8.69. The Morgan fingerprint density at radius 3 is 2.48 bits per heavy atom. The van der Waals surface area contributed by atoms with E-state index in [1.807, 2.05) is 19.1 Å². The summed E-state index contributed by atoms with van der Waals surface area (Å²) in [5.74, 6) is 1.19. The summed E-state index contributed by atoms with van der Waals surface area (Å²) < 4.78 is 49.6. The topological polar surface area (TPSA) is 42.5 Å². The van der Waals surface area contributed by atoms with Gasteiger partial charge in [0.15, 0.2) is 16.6 Å². The number of hydrogen-bond donors (Lipinski definition) is 2. The SMILES string of the molecule is COc1ccccc1OCC(C)NC(=S)Nc1ccc(Cl)c(C(F)(F)F)c1. The van der Waals surface area contributed by atoms with Crippen molar-refractivity contribution in [1.82, 2.24) is 5.32 Å². The summed E-state index contributed by atoms with van der Waals surface area (Å²) in [5.41, 5.74) is -0.744. The van der Waals surface area contributed by atoms with Crippen molar-refractivity contribution in [3.63, 3.8) is 0 Å². The maximum atomic E-state index is 12.9. The van der Waals surface area contributed by atoms with Crippen LogP contribution in [0.15, 0.2) is 42.5 Å². The van der Waals surface area contributed by atoms with Crippen LogP contribution in [0.25, 0.3) is 0 Å². The Bertz CT molecular complexity index is 802. The molecule has 0 aliphatic rings. The zero-order valence-corrected chi connectivity index (χ0v) is 16.1. The van der Waals surface area contributed by atoms with E-state index in [-0.39, 0.29) is 28.5 Å². The van der Waals surface area contributed by atoms with Crippen molar-refractivity contribution in [2.24, 2.45) is 0 Å². The number of anilines is 1. The molecule has 2 N–H and O–H groups in total. The molecule has 4 nitrogen and oxygen atoms in total. The van der Waals surface area contributed by atoms with Crippen LogP contribution in [0, 0.1) is 0 Å². The molecule has 0 saturated heterocycles. The second-order valence-corrected chi connectivity index (χ2v) is 6.47. The van der Waals surface area contributed by atoms with E-state index in [1.54, 1.807) is 19.2 Å². The third kappa shape index (κ3) is 6.18. The molecule has 0 aromatic heterocycles. The third-order valence-corrected chi connectivity index (χ3v) is 4.01. The number of rotatable bonds is 6. The molecule has 0 saturated carbocycles. The van der Waals surface area contributed by atoms with Crippen molar-refractivity contribution < 1.29 is 22.6 Å². The Hall–Kier alpha value is -2.19. The number of methoxy groups -OCH3 is 1. The third-order valence-electron chi connectivity index (χ3n) is 3.47. The number of halogens is 4. The molecule has 0 aliphatic carbocycles. The van der Waals surface area contributed by atoms with Gasteiger partial charge in [-0.15, -0.1) is 0 Å². The van der Waals surface area contributed by atoms with Gasteiger partial charge in [0.1, 0.15) is 6.61 Å². The molecule has 0 amide bonds.